The van der Waals surface area contributed by atoms with Gasteiger partial charge in [-0.15, -0.1) is 5.73 Å². The normalized spacial score (nSPS) is 25.9. The van der Waals surface area contributed by atoms with Crippen molar-refractivity contribution in [3.63, 3.8) is 0 Å². The lowest BCUT2D eigenvalue weighted by Crippen LogP contribution is -2.37. The molecule has 0 heterocycles. The van der Waals surface area contributed by atoms with E-state index in [9.17, 15) is 0 Å². The van der Waals surface area contributed by atoms with Crippen molar-refractivity contribution >= 4 is 0 Å². The van der Waals surface area contributed by atoms with E-state index >= 15 is 0 Å². The summed E-state index contributed by atoms with van der Waals surface area (Å²) in [5.41, 5.74) is 4.40. The van der Waals surface area contributed by atoms with Gasteiger partial charge in [0.05, 0.1) is 6.10 Å². The molecule has 5 unspecified atom stereocenters. The Morgan fingerprint density at radius 2 is 1.71 bits per heavy atom. The smallest absolute Gasteiger partial charge is 0.200 e. The van der Waals surface area contributed by atoms with Crippen molar-refractivity contribution in [1.29, 1.82) is 0 Å². The molecule has 5 atom stereocenters. The summed E-state index contributed by atoms with van der Waals surface area (Å²) in [4.78, 5) is 0. The molecular weight excluding hydrogens is 380 g/mol. The molecule has 0 amide bonds. The third-order valence-electron chi connectivity index (χ3n) is 7.16. The zero-order valence-corrected chi connectivity index (χ0v) is 20.5. The van der Waals surface area contributed by atoms with Crippen LogP contribution in [0.5, 0.6) is 5.75 Å². The van der Waals surface area contributed by atoms with Crippen LogP contribution in [-0.4, -0.2) is 12.4 Å². The van der Waals surface area contributed by atoms with Gasteiger partial charge >= 0.3 is 0 Å². The lowest BCUT2D eigenvalue weighted by Gasteiger charge is -2.40. The minimum atomic E-state index is -0.190. The quantitative estimate of drug-likeness (QED) is 0.309. The van der Waals surface area contributed by atoms with Crippen molar-refractivity contribution < 1.29 is 9.47 Å². The molecule has 172 valence electrons. The maximum absolute atomic E-state index is 6.63. The Labute approximate surface area is 191 Å². The van der Waals surface area contributed by atoms with Crippen LogP contribution in [0.4, 0.5) is 0 Å². The summed E-state index contributed by atoms with van der Waals surface area (Å²) < 4.78 is 13.1. The molecule has 2 heteroatoms. The van der Waals surface area contributed by atoms with Crippen molar-refractivity contribution in [3.05, 3.63) is 48.2 Å². The fourth-order valence-electron chi connectivity index (χ4n) is 5.51. The Morgan fingerprint density at radius 3 is 2.32 bits per heavy atom. The van der Waals surface area contributed by atoms with Crippen molar-refractivity contribution in [2.75, 3.05) is 0 Å². The fourth-order valence-corrected chi connectivity index (χ4v) is 5.51. The highest BCUT2D eigenvalue weighted by atomic mass is 16.7. The Hall–Kier alpha value is -1.50. The van der Waals surface area contributed by atoms with E-state index in [4.69, 9.17) is 9.47 Å². The molecule has 2 fully saturated rings. The number of rotatable bonds is 8. The number of hydrogen-bond donors (Lipinski definition) is 0. The number of ether oxygens (including phenoxy) is 2. The van der Waals surface area contributed by atoms with Gasteiger partial charge in [0, 0.05) is 12.3 Å². The van der Waals surface area contributed by atoms with Gasteiger partial charge in [-0.1, -0.05) is 79.0 Å². The molecule has 2 aliphatic rings. The first kappa shape index (κ1) is 24.1. The van der Waals surface area contributed by atoms with Crippen LogP contribution in [-0.2, 0) is 4.74 Å². The van der Waals surface area contributed by atoms with E-state index in [0.717, 1.165) is 24.0 Å². The van der Waals surface area contributed by atoms with E-state index in [1.807, 2.05) is 0 Å². The van der Waals surface area contributed by atoms with E-state index in [-0.39, 0.29) is 11.7 Å². The molecule has 2 aliphatic carbocycles. The summed E-state index contributed by atoms with van der Waals surface area (Å²) in [6.07, 6.45) is 12.5. The molecule has 2 saturated carbocycles. The highest BCUT2D eigenvalue weighted by Gasteiger charge is 2.34. The Balaban J connectivity index is 1.66. The van der Waals surface area contributed by atoms with Crippen LogP contribution in [0.15, 0.2) is 42.7 Å². The molecule has 0 N–H and O–H groups in total. The zero-order chi connectivity index (χ0) is 22.4. The van der Waals surface area contributed by atoms with Gasteiger partial charge in [0.1, 0.15) is 5.75 Å². The van der Waals surface area contributed by atoms with Crippen LogP contribution in [0.25, 0.3) is 0 Å². The minimum Gasteiger partial charge on any atom is -0.465 e. The molecule has 2 nitrogen and oxygen atoms in total. The van der Waals surface area contributed by atoms with Crippen molar-refractivity contribution in [2.24, 2.45) is 23.2 Å². The van der Waals surface area contributed by atoms with Gasteiger partial charge in [-0.05, 0) is 66.2 Å². The van der Waals surface area contributed by atoms with E-state index in [1.54, 1.807) is 0 Å². The van der Waals surface area contributed by atoms with Gasteiger partial charge in [0.15, 0.2) is 0 Å². The second-order valence-corrected chi connectivity index (χ2v) is 11.4. The highest BCUT2D eigenvalue weighted by molar-refractivity contribution is 5.31. The molecule has 0 spiro atoms. The molecule has 1 aromatic rings. The number of hydrogen-bond acceptors (Lipinski definition) is 2. The van der Waals surface area contributed by atoms with Crippen LogP contribution < -0.4 is 4.74 Å². The van der Waals surface area contributed by atoms with Crippen LogP contribution >= 0.6 is 0 Å². The lowest BCUT2D eigenvalue weighted by molar-refractivity contribution is -0.152. The second-order valence-electron chi connectivity index (χ2n) is 11.4. The molecular formula is C29H44O2. The topological polar surface area (TPSA) is 18.5 Å². The van der Waals surface area contributed by atoms with Gasteiger partial charge in [0.25, 0.3) is 0 Å². The summed E-state index contributed by atoms with van der Waals surface area (Å²) in [6.45, 7) is 15.0. The van der Waals surface area contributed by atoms with Gasteiger partial charge in [-0.25, -0.2) is 0 Å². The maximum Gasteiger partial charge on any atom is 0.200 e. The molecule has 0 aromatic heterocycles. The highest BCUT2D eigenvalue weighted by Crippen LogP contribution is 2.42. The van der Waals surface area contributed by atoms with E-state index < -0.39 is 0 Å². The average Bonchev–Trinajstić information content (AvgIpc) is 2.71. The van der Waals surface area contributed by atoms with E-state index in [2.05, 4.69) is 77.3 Å². The van der Waals surface area contributed by atoms with Crippen LogP contribution in [0.3, 0.4) is 0 Å². The second kappa shape index (κ2) is 10.9. The first-order valence-electron chi connectivity index (χ1n) is 12.5. The summed E-state index contributed by atoms with van der Waals surface area (Å²) in [5, 5.41) is 0. The molecule has 0 radical (unpaired) electrons. The van der Waals surface area contributed by atoms with Gasteiger partial charge in [0.2, 0.25) is 6.29 Å². The SMILES string of the molecule is C=C=CC(c1ccc(OC(CC(C)(C)C)OC2CCC3CCCCC3C2)cc1)C(C)C. The molecule has 1 aromatic carbocycles. The van der Waals surface area contributed by atoms with Gasteiger partial charge < -0.3 is 9.47 Å². The first-order chi connectivity index (χ1) is 14.7. The lowest BCUT2D eigenvalue weighted by atomic mass is 9.70. The van der Waals surface area contributed by atoms with Crippen LogP contribution in [0, 0.1) is 23.2 Å². The van der Waals surface area contributed by atoms with E-state index in [1.165, 1.54) is 50.5 Å². The average molecular weight is 425 g/mol. The maximum atomic E-state index is 6.63. The molecule has 31 heavy (non-hydrogen) atoms. The Bertz CT molecular complexity index is 720. The van der Waals surface area contributed by atoms with E-state index in [0.29, 0.717) is 17.9 Å². The minimum absolute atomic E-state index is 0.157. The summed E-state index contributed by atoms with van der Waals surface area (Å²) in [6, 6.07) is 8.54. The Morgan fingerprint density at radius 1 is 1.03 bits per heavy atom. The number of allylic oxidation sites excluding steroid dienone is 1. The Kier molecular flexibility index (Phi) is 8.48. The van der Waals surface area contributed by atoms with Crippen molar-refractivity contribution in [1.82, 2.24) is 0 Å². The van der Waals surface area contributed by atoms with Crippen molar-refractivity contribution in [2.45, 2.75) is 104 Å². The third-order valence-corrected chi connectivity index (χ3v) is 7.16. The molecule has 0 aliphatic heterocycles. The largest absolute Gasteiger partial charge is 0.465 e. The summed E-state index contributed by atoms with van der Waals surface area (Å²) in [5.74, 6) is 3.55. The molecule has 0 bridgehead atoms. The predicted octanol–water partition coefficient (Wildman–Crippen LogP) is 8.28. The fraction of sp³-hybridized carbons (Fsp3) is 0.690. The standard InChI is InChI=1S/C29H44O2/c1-7-10-27(21(2)3)23-14-16-25(17-15-23)30-28(20-29(4,5)6)31-26-18-13-22-11-8-9-12-24(22)19-26/h10,14-17,21-22,24,26-28H,1,8-9,11-13,18-20H2,2-6H3. The van der Waals surface area contributed by atoms with Crippen LogP contribution in [0.2, 0.25) is 0 Å². The third kappa shape index (κ3) is 7.26. The molecule has 0 saturated heterocycles. The van der Waals surface area contributed by atoms with Crippen LogP contribution in [0.1, 0.15) is 97.5 Å². The monoisotopic (exact) mass is 424 g/mol. The molecule has 3 rings (SSSR count). The number of fused-ring (bicyclic) bond motifs is 1. The summed E-state index contributed by atoms with van der Waals surface area (Å²) >= 11 is 0. The first-order valence-corrected chi connectivity index (χ1v) is 12.5. The van der Waals surface area contributed by atoms with Gasteiger partial charge in [-0.3, -0.25) is 0 Å². The van der Waals surface area contributed by atoms with Gasteiger partial charge in [-0.2, -0.15) is 0 Å². The predicted molar refractivity (Wildman–Crippen MR) is 130 cm³/mol. The van der Waals surface area contributed by atoms with Crippen molar-refractivity contribution in [3.8, 4) is 5.75 Å². The summed E-state index contributed by atoms with van der Waals surface area (Å²) in [7, 11) is 0. The number of benzene rings is 1. The zero-order valence-electron chi connectivity index (χ0n) is 20.5.